The van der Waals surface area contributed by atoms with E-state index in [1.54, 1.807) is 11.8 Å². The lowest BCUT2D eigenvalue weighted by Crippen LogP contribution is -2.41. The maximum Gasteiger partial charge on any atom is 0.410 e. The highest BCUT2D eigenvalue weighted by molar-refractivity contribution is 5.85. The first-order chi connectivity index (χ1) is 8.83. The molecule has 2 heterocycles. The highest BCUT2D eigenvalue weighted by atomic mass is 35.5. The van der Waals surface area contributed by atoms with Crippen LogP contribution in [0.4, 0.5) is 4.79 Å². The van der Waals surface area contributed by atoms with E-state index in [-0.39, 0.29) is 42.5 Å². The summed E-state index contributed by atoms with van der Waals surface area (Å²) in [5.41, 5.74) is -0.501. The van der Waals surface area contributed by atoms with Crippen molar-refractivity contribution in [2.45, 2.75) is 64.6 Å². The maximum atomic E-state index is 12.2. The summed E-state index contributed by atoms with van der Waals surface area (Å²) in [5, 5.41) is 0. The molecule has 0 saturated carbocycles. The number of hydrogen-bond donors (Lipinski definition) is 0. The Morgan fingerprint density at radius 2 is 1.90 bits per heavy atom. The molecular weight excluding hydrogens is 282 g/mol. The van der Waals surface area contributed by atoms with Gasteiger partial charge in [0.15, 0.2) is 0 Å². The topological polar surface area (TPSA) is 55.8 Å². The van der Waals surface area contributed by atoms with Gasteiger partial charge >= 0.3 is 12.1 Å². The molecule has 2 fully saturated rings. The number of fused-ring (bicyclic) bond motifs is 2. The van der Waals surface area contributed by atoms with Crippen LogP contribution in [0.2, 0.25) is 0 Å². The van der Waals surface area contributed by atoms with Gasteiger partial charge in [0.05, 0.1) is 12.5 Å². The molecule has 2 aliphatic heterocycles. The van der Waals surface area contributed by atoms with Crippen LogP contribution in [0.5, 0.6) is 0 Å². The predicted molar refractivity (Wildman–Crippen MR) is 76.9 cm³/mol. The molecule has 0 aliphatic carbocycles. The first kappa shape index (κ1) is 17.1. The number of carbonyl (C=O) groups excluding carboxylic acids is 2. The molecule has 2 bridgehead atoms. The number of hydrogen-bond acceptors (Lipinski definition) is 4. The Balaban J connectivity index is 0.00000200. The molecule has 0 radical (unpaired) electrons. The normalized spacial score (nSPS) is 28.0. The van der Waals surface area contributed by atoms with Gasteiger partial charge in [0, 0.05) is 12.1 Å². The Kier molecular flexibility index (Phi) is 5.30. The van der Waals surface area contributed by atoms with E-state index < -0.39 is 5.60 Å². The molecule has 1 amide bonds. The van der Waals surface area contributed by atoms with Gasteiger partial charge in [0.1, 0.15) is 5.60 Å². The SMILES string of the molecule is CCOC(=O)[C@H]1C[C@H]2CC[C@@H]1N2C(=O)OC(C)(C)C.Cl. The third-order valence-corrected chi connectivity index (χ3v) is 3.73. The second-order valence-corrected chi connectivity index (χ2v) is 6.28. The van der Waals surface area contributed by atoms with Crippen LogP contribution in [0.25, 0.3) is 0 Å². The minimum atomic E-state index is -0.501. The van der Waals surface area contributed by atoms with Crippen molar-refractivity contribution in [1.82, 2.24) is 4.90 Å². The molecule has 3 atom stereocenters. The zero-order valence-electron chi connectivity index (χ0n) is 12.5. The summed E-state index contributed by atoms with van der Waals surface area (Å²) >= 11 is 0. The van der Waals surface area contributed by atoms with E-state index in [9.17, 15) is 9.59 Å². The van der Waals surface area contributed by atoms with Gasteiger partial charge < -0.3 is 14.4 Å². The van der Waals surface area contributed by atoms with E-state index in [0.29, 0.717) is 13.0 Å². The lowest BCUT2D eigenvalue weighted by molar-refractivity contribution is -0.148. The van der Waals surface area contributed by atoms with E-state index >= 15 is 0 Å². The van der Waals surface area contributed by atoms with Gasteiger partial charge in [0.2, 0.25) is 0 Å². The minimum Gasteiger partial charge on any atom is -0.466 e. The van der Waals surface area contributed by atoms with Crippen LogP contribution in [0.15, 0.2) is 0 Å². The first-order valence-electron chi connectivity index (χ1n) is 7.01. The number of ether oxygens (including phenoxy) is 2. The summed E-state index contributed by atoms with van der Waals surface area (Å²) in [6.45, 7) is 7.75. The lowest BCUT2D eigenvalue weighted by Gasteiger charge is -2.28. The van der Waals surface area contributed by atoms with Crippen molar-refractivity contribution in [3.05, 3.63) is 0 Å². The quantitative estimate of drug-likeness (QED) is 0.736. The standard InChI is InChI=1S/C14H23NO4.ClH/c1-5-18-12(16)10-8-9-6-7-11(10)15(9)13(17)19-14(2,3)4;/h9-11H,5-8H2,1-4H3;1H/t9-,10+,11+;/m1./s1. The van der Waals surface area contributed by atoms with Crippen LogP contribution in [-0.2, 0) is 14.3 Å². The van der Waals surface area contributed by atoms with Crippen LogP contribution in [0.3, 0.4) is 0 Å². The molecule has 116 valence electrons. The van der Waals surface area contributed by atoms with Crippen molar-refractivity contribution in [3.63, 3.8) is 0 Å². The van der Waals surface area contributed by atoms with Crippen LogP contribution < -0.4 is 0 Å². The fourth-order valence-corrected chi connectivity index (χ4v) is 3.09. The molecule has 0 aromatic heterocycles. The molecule has 0 unspecified atom stereocenters. The molecular formula is C14H24ClNO4. The van der Waals surface area contributed by atoms with E-state index in [1.807, 2.05) is 20.8 Å². The van der Waals surface area contributed by atoms with Crippen molar-refractivity contribution >= 4 is 24.5 Å². The number of amides is 1. The number of rotatable bonds is 2. The second-order valence-electron chi connectivity index (χ2n) is 6.28. The monoisotopic (exact) mass is 305 g/mol. The Labute approximate surface area is 126 Å². The third kappa shape index (κ3) is 3.37. The number of halogens is 1. The smallest absolute Gasteiger partial charge is 0.410 e. The van der Waals surface area contributed by atoms with Gasteiger partial charge in [-0.15, -0.1) is 12.4 Å². The Morgan fingerprint density at radius 3 is 2.45 bits per heavy atom. The van der Waals surface area contributed by atoms with Crippen molar-refractivity contribution in [2.75, 3.05) is 6.61 Å². The summed E-state index contributed by atoms with van der Waals surface area (Å²) in [6.07, 6.45) is 2.24. The maximum absolute atomic E-state index is 12.2. The molecule has 5 nitrogen and oxygen atoms in total. The molecule has 0 N–H and O–H groups in total. The van der Waals surface area contributed by atoms with E-state index in [2.05, 4.69) is 0 Å². The number of carbonyl (C=O) groups is 2. The molecule has 0 aromatic carbocycles. The van der Waals surface area contributed by atoms with Crippen LogP contribution in [0, 0.1) is 5.92 Å². The van der Waals surface area contributed by atoms with Crippen molar-refractivity contribution in [1.29, 1.82) is 0 Å². The molecule has 0 aromatic rings. The van der Waals surface area contributed by atoms with Gasteiger partial charge in [-0.3, -0.25) is 4.79 Å². The highest BCUT2D eigenvalue weighted by Gasteiger charge is 2.52. The molecule has 2 rings (SSSR count). The molecule has 20 heavy (non-hydrogen) atoms. The first-order valence-corrected chi connectivity index (χ1v) is 7.01. The van der Waals surface area contributed by atoms with Gasteiger partial charge in [-0.2, -0.15) is 0 Å². The fourth-order valence-electron chi connectivity index (χ4n) is 3.09. The number of nitrogens with zero attached hydrogens (tertiary/aromatic N) is 1. The molecule has 0 spiro atoms. The summed E-state index contributed by atoms with van der Waals surface area (Å²) in [5.74, 6) is -0.352. The Bertz CT molecular complexity index is 380. The predicted octanol–water partition coefficient (Wildman–Crippen LogP) is 2.76. The highest BCUT2D eigenvalue weighted by Crippen LogP contribution is 2.42. The summed E-state index contributed by atoms with van der Waals surface area (Å²) < 4.78 is 10.5. The van der Waals surface area contributed by atoms with Crippen molar-refractivity contribution in [3.8, 4) is 0 Å². The Morgan fingerprint density at radius 1 is 1.25 bits per heavy atom. The summed E-state index contributed by atoms with van der Waals surface area (Å²) in [4.78, 5) is 25.8. The van der Waals surface area contributed by atoms with E-state index in [4.69, 9.17) is 9.47 Å². The fraction of sp³-hybridized carbons (Fsp3) is 0.857. The van der Waals surface area contributed by atoms with Crippen LogP contribution in [0.1, 0.15) is 47.0 Å². The molecule has 2 saturated heterocycles. The second kappa shape index (κ2) is 6.20. The van der Waals surface area contributed by atoms with E-state index in [0.717, 1.165) is 12.8 Å². The molecule has 2 aliphatic rings. The van der Waals surface area contributed by atoms with Gasteiger partial charge in [-0.1, -0.05) is 0 Å². The largest absolute Gasteiger partial charge is 0.466 e. The average molecular weight is 306 g/mol. The van der Waals surface area contributed by atoms with Gasteiger partial charge in [-0.05, 0) is 47.0 Å². The van der Waals surface area contributed by atoms with Crippen LogP contribution in [-0.4, -0.2) is 41.3 Å². The summed E-state index contributed by atoms with van der Waals surface area (Å²) in [7, 11) is 0. The Hall–Kier alpha value is -0.970. The minimum absolute atomic E-state index is 0. The summed E-state index contributed by atoms with van der Waals surface area (Å²) in [6, 6.07) is 0.0909. The van der Waals surface area contributed by atoms with E-state index in [1.165, 1.54) is 0 Å². The van der Waals surface area contributed by atoms with Crippen molar-refractivity contribution in [2.24, 2.45) is 5.92 Å². The van der Waals surface area contributed by atoms with Gasteiger partial charge in [0.25, 0.3) is 0 Å². The zero-order valence-corrected chi connectivity index (χ0v) is 13.4. The van der Waals surface area contributed by atoms with Crippen LogP contribution >= 0.6 is 12.4 Å². The molecule has 6 heteroatoms. The van der Waals surface area contributed by atoms with Gasteiger partial charge in [-0.25, -0.2) is 4.79 Å². The van der Waals surface area contributed by atoms with Crippen molar-refractivity contribution < 1.29 is 19.1 Å². The average Bonchev–Trinajstić information content (AvgIpc) is 2.83. The number of esters is 1. The lowest BCUT2D eigenvalue weighted by atomic mass is 9.89. The zero-order chi connectivity index (χ0) is 14.2. The third-order valence-electron chi connectivity index (χ3n) is 3.73.